The van der Waals surface area contributed by atoms with Crippen LogP contribution >= 0.6 is 15.9 Å². The molecule has 1 amide bonds. The van der Waals surface area contributed by atoms with E-state index in [-0.39, 0.29) is 18.9 Å². The van der Waals surface area contributed by atoms with Crippen molar-refractivity contribution < 1.29 is 19.1 Å². The average molecular weight is 406 g/mol. The maximum atomic E-state index is 11.9. The number of rotatable bonds is 7. The van der Waals surface area contributed by atoms with E-state index >= 15 is 0 Å². The summed E-state index contributed by atoms with van der Waals surface area (Å²) in [6.45, 7) is 1.64. The fraction of sp³-hybridized carbons (Fsp3) is 0.263. The quantitative estimate of drug-likeness (QED) is 0.709. The lowest BCUT2D eigenvalue weighted by Gasteiger charge is -2.10. The van der Waals surface area contributed by atoms with Crippen LogP contribution in [0.2, 0.25) is 0 Å². The number of carbonyl (C=O) groups is 2. The highest BCUT2D eigenvalue weighted by atomic mass is 79.9. The number of esters is 1. The van der Waals surface area contributed by atoms with Gasteiger partial charge in [-0.2, -0.15) is 0 Å². The van der Waals surface area contributed by atoms with E-state index in [1.165, 1.54) is 0 Å². The van der Waals surface area contributed by atoms with Crippen LogP contribution < -0.4 is 10.1 Å². The summed E-state index contributed by atoms with van der Waals surface area (Å²) >= 11 is 3.39. The Kier molecular flexibility index (Phi) is 7.01. The van der Waals surface area contributed by atoms with Crippen molar-refractivity contribution in [2.75, 3.05) is 19.0 Å². The maximum absolute atomic E-state index is 11.9. The number of methoxy groups -OCH3 is 1. The number of hydrogen-bond acceptors (Lipinski definition) is 4. The fourth-order valence-corrected chi connectivity index (χ4v) is 2.86. The second kappa shape index (κ2) is 9.22. The van der Waals surface area contributed by atoms with Gasteiger partial charge < -0.3 is 14.8 Å². The molecular formula is C19H20BrNO4. The van der Waals surface area contributed by atoms with Crippen molar-refractivity contribution in [1.29, 1.82) is 0 Å². The molecule has 0 saturated heterocycles. The zero-order valence-corrected chi connectivity index (χ0v) is 15.8. The summed E-state index contributed by atoms with van der Waals surface area (Å²) in [5, 5.41) is 2.70. The Labute approximate surface area is 155 Å². The number of aryl methyl sites for hydroxylation is 2. The van der Waals surface area contributed by atoms with Crippen LogP contribution in [0.3, 0.4) is 0 Å². The molecule has 25 heavy (non-hydrogen) atoms. The molecule has 0 spiro atoms. The molecular weight excluding hydrogens is 386 g/mol. The van der Waals surface area contributed by atoms with Crippen molar-refractivity contribution in [3.63, 3.8) is 0 Å². The minimum atomic E-state index is -0.427. The molecule has 2 rings (SSSR count). The van der Waals surface area contributed by atoms with Gasteiger partial charge >= 0.3 is 5.97 Å². The predicted molar refractivity (Wildman–Crippen MR) is 99.8 cm³/mol. The molecule has 0 unspecified atom stereocenters. The molecule has 6 heteroatoms. The smallest absolute Gasteiger partial charge is 0.306 e. The lowest BCUT2D eigenvalue weighted by atomic mass is 10.1. The number of nitrogens with one attached hydrogen (secondary N) is 1. The third kappa shape index (κ3) is 5.90. The fourth-order valence-electron chi connectivity index (χ4n) is 2.27. The van der Waals surface area contributed by atoms with E-state index < -0.39 is 5.97 Å². The van der Waals surface area contributed by atoms with E-state index in [1.807, 2.05) is 43.3 Å². The van der Waals surface area contributed by atoms with Crippen LogP contribution in [0.1, 0.15) is 17.5 Å². The van der Waals surface area contributed by atoms with Crippen molar-refractivity contribution in [3.8, 4) is 5.75 Å². The zero-order chi connectivity index (χ0) is 18.2. The van der Waals surface area contributed by atoms with E-state index in [2.05, 4.69) is 21.2 Å². The maximum Gasteiger partial charge on any atom is 0.306 e. The van der Waals surface area contributed by atoms with Crippen molar-refractivity contribution >= 4 is 33.5 Å². The molecule has 1 N–H and O–H groups in total. The van der Waals surface area contributed by atoms with Gasteiger partial charge in [0.15, 0.2) is 6.61 Å². The topological polar surface area (TPSA) is 64.6 Å². The number of hydrogen-bond donors (Lipinski definition) is 1. The number of carbonyl (C=O) groups excluding carboxylic acids is 2. The lowest BCUT2D eigenvalue weighted by Crippen LogP contribution is -2.21. The van der Waals surface area contributed by atoms with Crippen molar-refractivity contribution in [3.05, 3.63) is 58.1 Å². The standard InChI is InChI=1S/C19H20BrNO4/c1-13-7-9-16(15(20)11-13)21-18(22)12-25-19(23)10-8-14-5-3-4-6-17(14)24-2/h3-7,9,11H,8,10,12H2,1-2H3,(H,21,22). The molecule has 0 atom stereocenters. The summed E-state index contributed by atoms with van der Waals surface area (Å²) in [7, 11) is 1.59. The van der Waals surface area contributed by atoms with Gasteiger partial charge in [-0.25, -0.2) is 0 Å². The van der Waals surface area contributed by atoms with Crippen LogP contribution in [-0.2, 0) is 20.7 Å². The van der Waals surface area contributed by atoms with E-state index in [1.54, 1.807) is 13.2 Å². The Balaban J connectivity index is 1.78. The second-order valence-corrected chi connectivity index (χ2v) is 6.36. The van der Waals surface area contributed by atoms with E-state index in [0.717, 1.165) is 21.3 Å². The zero-order valence-electron chi connectivity index (χ0n) is 14.2. The molecule has 132 valence electrons. The Hall–Kier alpha value is -2.34. The molecule has 0 aliphatic carbocycles. The van der Waals surface area contributed by atoms with Gasteiger partial charge in [-0.1, -0.05) is 24.3 Å². The summed E-state index contributed by atoms with van der Waals surface area (Å²) in [5.41, 5.74) is 2.64. The van der Waals surface area contributed by atoms with Gasteiger partial charge in [0, 0.05) is 10.9 Å². The van der Waals surface area contributed by atoms with Crippen LogP contribution in [0, 0.1) is 6.92 Å². The van der Waals surface area contributed by atoms with Crippen LogP contribution in [0.25, 0.3) is 0 Å². The Morgan fingerprint density at radius 1 is 1.16 bits per heavy atom. The normalized spacial score (nSPS) is 10.2. The molecule has 2 aromatic rings. The number of amides is 1. The molecule has 0 heterocycles. The molecule has 0 saturated carbocycles. The average Bonchev–Trinajstić information content (AvgIpc) is 2.60. The number of anilines is 1. The summed E-state index contributed by atoms with van der Waals surface area (Å²) in [5.74, 6) is -0.0727. The molecule has 0 aliphatic heterocycles. The van der Waals surface area contributed by atoms with Crippen LogP contribution in [-0.4, -0.2) is 25.6 Å². The van der Waals surface area contributed by atoms with Crippen molar-refractivity contribution in [1.82, 2.24) is 0 Å². The first kappa shape index (κ1) is 19.0. The summed E-state index contributed by atoms with van der Waals surface area (Å²) in [6.07, 6.45) is 0.676. The summed E-state index contributed by atoms with van der Waals surface area (Å²) < 4.78 is 11.0. The highest BCUT2D eigenvalue weighted by Gasteiger charge is 2.11. The van der Waals surface area contributed by atoms with Crippen LogP contribution in [0.5, 0.6) is 5.75 Å². The van der Waals surface area contributed by atoms with Gasteiger partial charge in [-0.05, 0) is 58.6 Å². The van der Waals surface area contributed by atoms with Gasteiger partial charge in [0.05, 0.1) is 12.8 Å². The SMILES string of the molecule is COc1ccccc1CCC(=O)OCC(=O)Nc1ccc(C)cc1Br. The van der Waals surface area contributed by atoms with Gasteiger partial charge in [-0.3, -0.25) is 9.59 Å². The summed E-state index contributed by atoms with van der Waals surface area (Å²) in [4.78, 5) is 23.7. The van der Waals surface area contributed by atoms with Gasteiger partial charge in [0.25, 0.3) is 5.91 Å². The molecule has 2 aromatic carbocycles. The minimum absolute atomic E-state index is 0.182. The van der Waals surface area contributed by atoms with Gasteiger partial charge in [-0.15, -0.1) is 0 Å². The Bertz CT molecular complexity index is 761. The second-order valence-electron chi connectivity index (χ2n) is 5.50. The highest BCUT2D eigenvalue weighted by Crippen LogP contribution is 2.23. The lowest BCUT2D eigenvalue weighted by molar-refractivity contribution is -0.147. The van der Waals surface area contributed by atoms with Crippen LogP contribution in [0.15, 0.2) is 46.9 Å². The van der Waals surface area contributed by atoms with Gasteiger partial charge in [0.2, 0.25) is 0 Å². The van der Waals surface area contributed by atoms with E-state index in [4.69, 9.17) is 9.47 Å². The number of para-hydroxylation sites is 1. The molecule has 0 bridgehead atoms. The number of halogens is 1. The minimum Gasteiger partial charge on any atom is -0.496 e. The molecule has 0 fully saturated rings. The largest absolute Gasteiger partial charge is 0.496 e. The Morgan fingerprint density at radius 3 is 2.64 bits per heavy atom. The predicted octanol–water partition coefficient (Wildman–Crippen LogP) is 3.88. The van der Waals surface area contributed by atoms with Crippen molar-refractivity contribution in [2.24, 2.45) is 0 Å². The van der Waals surface area contributed by atoms with Crippen molar-refractivity contribution in [2.45, 2.75) is 19.8 Å². The van der Waals surface area contributed by atoms with Crippen LogP contribution in [0.4, 0.5) is 5.69 Å². The molecule has 0 radical (unpaired) electrons. The highest BCUT2D eigenvalue weighted by molar-refractivity contribution is 9.10. The first-order chi connectivity index (χ1) is 12.0. The summed E-state index contributed by atoms with van der Waals surface area (Å²) in [6, 6.07) is 13.1. The Morgan fingerprint density at radius 2 is 1.92 bits per heavy atom. The molecule has 0 aromatic heterocycles. The number of ether oxygens (including phenoxy) is 2. The third-order valence-electron chi connectivity index (χ3n) is 3.55. The van der Waals surface area contributed by atoms with E-state index in [9.17, 15) is 9.59 Å². The molecule has 5 nitrogen and oxygen atoms in total. The third-order valence-corrected chi connectivity index (χ3v) is 4.21. The molecule has 0 aliphatic rings. The number of benzene rings is 2. The van der Waals surface area contributed by atoms with Gasteiger partial charge in [0.1, 0.15) is 5.75 Å². The van der Waals surface area contributed by atoms with E-state index in [0.29, 0.717) is 12.1 Å². The monoisotopic (exact) mass is 405 g/mol. The first-order valence-corrected chi connectivity index (χ1v) is 8.62. The first-order valence-electron chi connectivity index (χ1n) is 7.83.